The molecule has 36 heavy (non-hydrogen) atoms. The van der Waals surface area contributed by atoms with Crippen LogP contribution in [0.2, 0.25) is 0 Å². The molecular weight excluding hydrogens is 510 g/mol. The summed E-state index contributed by atoms with van der Waals surface area (Å²) in [6, 6.07) is 6.58. The number of hydrogen-bond donors (Lipinski definition) is 4. The fourth-order valence-electron chi connectivity index (χ4n) is 3.94. The lowest BCUT2D eigenvalue weighted by molar-refractivity contribution is -0.151. The molecule has 2 aliphatic heterocycles. The van der Waals surface area contributed by atoms with E-state index in [1.807, 2.05) is 0 Å². The smallest absolute Gasteiger partial charge is 0.352 e. The van der Waals surface area contributed by atoms with Gasteiger partial charge in [-0.1, -0.05) is 49.0 Å². The molecule has 0 radical (unpaired) electrons. The fourth-order valence-corrected chi connectivity index (χ4v) is 6.34. The zero-order valence-electron chi connectivity index (χ0n) is 19.0. The predicted octanol–water partition coefficient (Wildman–Crippen LogP) is -0.326. The van der Waals surface area contributed by atoms with Gasteiger partial charge < -0.3 is 21.3 Å². The Balaban J connectivity index is 1.47. The normalized spacial score (nSPS) is 20.8. The van der Waals surface area contributed by atoms with Gasteiger partial charge in [0.2, 0.25) is 11.1 Å². The lowest BCUT2D eigenvalue weighted by Gasteiger charge is -2.49. The van der Waals surface area contributed by atoms with E-state index in [4.69, 9.17) is 5.73 Å². The van der Waals surface area contributed by atoms with E-state index >= 15 is 0 Å². The number of nitrogens with zero attached hydrogens (tertiary/aromatic N) is 5. The minimum absolute atomic E-state index is 0.157. The van der Waals surface area contributed by atoms with E-state index in [0.29, 0.717) is 22.7 Å². The summed E-state index contributed by atoms with van der Waals surface area (Å²) < 4.78 is 1.30. The molecule has 4 atom stereocenters. The van der Waals surface area contributed by atoms with Gasteiger partial charge in [0, 0.05) is 11.5 Å². The molecule has 0 bridgehead atoms. The number of β-lactam (4-membered cyclic amide) rings is 1. The largest absolute Gasteiger partial charge is 0.477 e. The van der Waals surface area contributed by atoms with Gasteiger partial charge in [0.1, 0.15) is 23.2 Å². The molecular formula is C21H23N7O6S2. The number of aliphatic hydroxyl groups excluding tert-OH is 1. The first-order chi connectivity index (χ1) is 17.2. The number of benzene rings is 1. The maximum atomic E-state index is 12.9. The molecule has 15 heteroatoms. The highest BCUT2D eigenvalue weighted by Crippen LogP contribution is 2.41. The van der Waals surface area contributed by atoms with Crippen molar-refractivity contribution in [3.63, 3.8) is 0 Å². The number of aromatic nitrogens is 4. The summed E-state index contributed by atoms with van der Waals surface area (Å²) in [7, 11) is 0. The highest BCUT2D eigenvalue weighted by Gasteiger charge is 2.54. The molecule has 2 unspecified atom stereocenters. The van der Waals surface area contributed by atoms with Crippen molar-refractivity contribution in [3.05, 3.63) is 47.2 Å². The van der Waals surface area contributed by atoms with Crippen LogP contribution in [0.5, 0.6) is 0 Å². The summed E-state index contributed by atoms with van der Waals surface area (Å²) in [6.45, 7) is 1.76. The van der Waals surface area contributed by atoms with Crippen LogP contribution in [0.4, 0.5) is 0 Å². The Morgan fingerprint density at radius 1 is 1.31 bits per heavy atom. The van der Waals surface area contributed by atoms with Crippen LogP contribution in [0.1, 0.15) is 31.1 Å². The van der Waals surface area contributed by atoms with Crippen molar-refractivity contribution in [2.75, 3.05) is 11.5 Å². The van der Waals surface area contributed by atoms with E-state index < -0.39 is 47.3 Å². The lowest BCUT2D eigenvalue weighted by Crippen LogP contribution is -2.70. The number of carboxylic acid groups (broad SMARTS) is 1. The summed E-state index contributed by atoms with van der Waals surface area (Å²) in [5.41, 5.74) is 6.11. The van der Waals surface area contributed by atoms with Crippen molar-refractivity contribution in [1.82, 2.24) is 30.4 Å². The molecule has 1 saturated heterocycles. The monoisotopic (exact) mass is 533 g/mol. The summed E-state index contributed by atoms with van der Waals surface area (Å²) in [4.78, 5) is 50.3. The molecule has 2 aromatic rings. The lowest BCUT2D eigenvalue weighted by atomic mass is 10.0. The first-order valence-corrected chi connectivity index (χ1v) is 12.9. The number of aliphatic hydroxyl groups is 1. The van der Waals surface area contributed by atoms with Crippen molar-refractivity contribution in [1.29, 1.82) is 0 Å². The number of primary amides is 1. The number of aliphatic carboxylic acids is 1. The number of tetrazole rings is 1. The molecule has 5 N–H and O–H groups in total. The molecule has 13 nitrogen and oxygen atoms in total. The van der Waals surface area contributed by atoms with Gasteiger partial charge >= 0.3 is 5.97 Å². The third-order valence-electron chi connectivity index (χ3n) is 5.76. The van der Waals surface area contributed by atoms with Crippen molar-refractivity contribution < 1.29 is 29.4 Å². The average molecular weight is 534 g/mol. The molecule has 3 heterocycles. The summed E-state index contributed by atoms with van der Waals surface area (Å²) in [6.07, 6.45) is -1.08. The number of nitrogens with one attached hydrogen (secondary N) is 1. The Hall–Kier alpha value is -3.43. The molecule has 0 aliphatic carbocycles. The van der Waals surface area contributed by atoms with Crippen LogP contribution < -0.4 is 11.1 Å². The third-order valence-corrected chi connectivity index (χ3v) is 8.12. The van der Waals surface area contributed by atoms with Gasteiger partial charge in [0.05, 0.1) is 0 Å². The molecule has 190 valence electrons. The first kappa shape index (κ1) is 25.7. The van der Waals surface area contributed by atoms with Gasteiger partial charge in [-0.15, -0.1) is 16.9 Å². The van der Waals surface area contributed by atoms with E-state index in [-0.39, 0.29) is 17.2 Å². The standard InChI is InChI=1S/C21H23N7O6S2/c1-2-12(16(22)30)28-21(24-25-26-28)36-9-11-8-35-19-13(18(32)27(19)14(11)20(33)34)23-17(31)15(29)10-6-4-3-5-7-10/h3-7,12-13,15,19,29H,2,8-9H2,1H3,(H2,22,30)(H,23,31)(H,33,34)/t12?,13?,15-,19-/m1/s1. The van der Waals surface area contributed by atoms with Gasteiger partial charge in [-0.05, 0) is 28.0 Å². The van der Waals surface area contributed by atoms with Crippen LogP contribution in [0.25, 0.3) is 0 Å². The zero-order chi connectivity index (χ0) is 26.0. The highest BCUT2D eigenvalue weighted by molar-refractivity contribution is 8.01. The van der Waals surface area contributed by atoms with E-state index in [1.165, 1.54) is 16.4 Å². The van der Waals surface area contributed by atoms with Crippen molar-refractivity contribution >= 4 is 47.2 Å². The van der Waals surface area contributed by atoms with Crippen LogP contribution in [-0.2, 0) is 19.2 Å². The number of nitrogens with two attached hydrogens (primary N) is 1. The topological polar surface area (TPSA) is 194 Å². The number of carbonyl (C=O) groups is 4. The number of thioether (sulfide) groups is 2. The number of carbonyl (C=O) groups excluding carboxylic acids is 3. The second kappa shape index (κ2) is 10.7. The van der Waals surface area contributed by atoms with Gasteiger partial charge in [-0.25, -0.2) is 9.48 Å². The first-order valence-electron chi connectivity index (χ1n) is 10.9. The summed E-state index contributed by atoms with van der Waals surface area (Å²) in [5.74, 6) is -2.75. The average Bonchev–Trinajstić information content (AvgIpc) is 3.33. The van der Waals surface area contributed by atoms with E-state index in [9.17, 15) is 29.4 Å². The van der Waals surface area contributed by atoms with Crippen molar-refractivity contribution in [2.24, 2.45) is 5.73 Å². The molecule has 4 rings (SSSR count). The zero-order valence-corrected chi connectivity index (χ0v) is 20.6. The van der Waals surface area contributed by atoms with Gasteiger partial charge in [-0.3, -0.25) is 19.3 Å². The molecule has 3 amide bonds. The van der Waals surface area contributed by atoms with E-state index in [0.717, 1.165) is 16.7 Å². The Morgan fingerprint density at radius 3 is 2.67 bits per heavy atom. The molecule has 1 aromatic heterocycles. The van der Waals surface area contributed by atoms with Crippen molar-refractivity contribution in [2.45, 2.75) is 42.1 Å². The van der Waals surface area contributed by atoms with Crippen molar-refractivity contribution in [3.8, 4) is 0 Å². The van der Waals surface area contributed by atoms with Crippen LogP contribution in [0.3, 0.4) is 0 Å². The van der Waals surface area contributed by atoms with E-state index in [1.54, 1.807) is 37.3 Å². The number of fused-ring (bicyclic) bond motifs is 1. The summed E-state index contributed by atoms with van der Waals surface area (Å²) >= 11 is 2.43. The molecule has 1 fully saturated rings. The second-order valence-electron chi connectivity index (χ2n) is 7.99. The highest BCUT2D eigenvalue weighted by atomic mass is 32.2. The molecule has 1 aromatic carbocycles. The van der Waals surface area contributed by atoms with Crippen LogP contribution in [0.15, 0.2) is 46.8 Å². The van der Waals surface area contributed by atoms with Gasteiger partial charge in [0.25, 0.3) is 11.8 Å². The maximum absolute atomic E-state index is 12.9. The second-order valence-corrected chi connectivity index (χ2v) is 10.0. The molecule has 0 saturated carbocycles. The van der Waals surface area contributed by atoms with Gasteiger partial charge in [-0.2, -0.15) is 0 Å². The number of amides is 3. The molecule has 0 spiro atoms. The number of hydrogen-bond acceptors (Lipinski definition) is 10. The Labute approximate surface area is 213 Å². The van der Waals surface area contributed by atoms with Gasteiger partial charge in [0.15, 0.2) is 6.10 Å². The number of rotatable bonds is 10. The summed E-state index contributed by atoms with van der Waals surface area (Å²) in [5, 5.41) is 33.7. The Bertz CT molecular complexity index is 1220. The third kappa shape index (κ3) is 4.81. The maximum Gasteiger partial charge on any atom is 0.352 e. The Morgan fingerprint density at radius 2 is 2.03 bits per heavy atom. The quantitative estimate of drug-likeness (QED) is 0.231. The van der Waals surface area contributed by atoms with Crippen LogP contribution in [-0.4, -0.2) is 81.9 Å². The van der Waals surface area contributed by atoms with E-state index in [2.05, 4.69) is 20.8 Å². The minimum Gasteiger partial charge on any atom is -0.477 e. The van der Waals surface area contributed by atoms with Crippen LogP contribution in [0, 0.1) is 0 Å². The SMILES string of the molecule is CCC(C(N)=O)n1nnnc1SCC1=C(C(=O)O)N2C(=O)C(NC(=O)[C@H](O)c3ccccc3)[C@H]2SC1. The molecule has 2 aliphatic rings. The minimum atomic E-state index is -1.46. The number of carboxylic acids is 1. The van der Waals surface area contributed by atoms with Crippen LogP contribution >= 0.6 is 23.5 Å². The predicted molar refractivity (Wildman–Crippen MR) is 128 cm³/mol. The fraction of sp³-hybridized carbons (Fsp3) is 0.381. The Kier molecular flexibility index (Phi) is 7.61.